The summed E-state index contributed by atoms with van der Waals surface area (Å²) in [6, 6.07) is 0. The van der Waals surface area contributed by atoms with Gasteiger partial charge >= 0.3 is 0 Å². The second-order valence-electron chi connectivity index (χ2n) is 8.24. The molecule has 1 aliphatic carbocycles. The Bertz CT molecular complexity index is 590. The molecule has 0 N–H and O–H groups in total. The van der Waals surface area contributed by atoms with Crippen molar-refractivity contribution in [2.75, 3.05) is 0 Å². The molecule has 4 heteroatoms. The first-order chi connectivity index (χ1) is 11.3. The average Bonchev–Trinajstić information content (AvgIpc) is 2.73. The van der Waals surface area contributed by atoms with Gasteiger partial charge in [-0.1, -0.05) is 47.5 Å². The number of ketones is 2. The predicted octanol–water partition coefficient (Wildman–Crippen LogP) is 4.28. The van der Waals surface area contributed by atoms with E-state index in [-0.39, 0.29) is 28.7 Å². The summed E-state index contributed by atoms with van der Waals surface area (Å²) in [6.45, 7) is 10.6. The third-order valence-electron chi connectivity index (χ3n) is 5.10. The van der Waals surface area contributed by atoms with E-state index >= 15 is 0 Å². The molecule has 2 atom stereocenters. The molecule has 132 valence electrons. The smallest absolute Gasteiger partial charge is 0.210 e. The summed E-state index contributed by atoms with van der Waals surface area (Å²) in [5, 5.41) is 0. The van der Waals surface area contributed by atoms with E-state index in [0.717, 1.165) is 31.2 Å². The Morgan fingerprint density at radius 1 is 1.29 bits per heavy atom. The fourth-order valence-corrected chi connectivity index (χ4v) is 3.87. The first-order valence-electron chi connectivity index (χ1n) is 9.14. The summed E-state index contributed by atoms with van der Waals surface area (Å²) in [7, 11) is 0. The lowest BCUT2D eigenvalue weighted by atomic mass is 9.74. The molecule has 0 bridgehead atoms. The number of aromatic nitrogens is 2. The second kappa shape index (κ2) is 7.54. The van der Waals surface area contributed by atoms with Crippen LogP contribution in [0.5, 0.6) is 0 Å². The van der Waals surface area contributed by atoms with Gasteiger partial charge in [0, 0.05) is 18.8 Å². The maximum atomic E-state index is 12.9. The highest BCUT2D eigenvalue weighted by molar-refractivity contribution is 6.10. The molecule has 1 aliphatic rings. The van der Waals surface area contributed by atoms with Gasteiger partial charge in [0.05, 0.1) is 5.92 Å². The number of carbonyl (C=O) groups excluding carboxylic acids is 2. The first kappa shape index (κ1) is 18.8. The van der Waals surface area contributed by atoms with Gasteiger partial charge in [0.15, 0.2) is 5.82 Å². The van der Waals surface area contributed by atoms with Crippen molar-refractivity contribution < 1.29 is 9.59 Å². The van der Waals surface area contributed by atoms with E-state index in [9.17, 15) is 9.59 Å². The summed E-state index contributed by atoms with van der Waals surface area (Å²) in [4.78, 5) is 33.9. The molecule has 1 aromatic heterocycles. The quantitative estimate of drug-likeness (QED) is 0.553. The molecule has 1 fully saturated rings. The van der Waals surface area contributed by atoms with Gasteiger partial charge < -0.3 is 0 Å². The van der Waals surface area contributed by atoms with Gasteiger partial charge in [0.25, 0.3) is 0 Å². The van der Waals surface area contributed by atoms with E-state index in [1.165, 1.54) is 0 Å². The molecule has 1 heterocycles. The first-order valence-corrected chi connectivity index (χ1v) is 9.14. The van der Waals surface area contributed by atoms with E-state index in [4.69, 9.17) is 0 Å². The molecule has 1 aromatic rings. The van der Waals surface area contributed by atoms with E-state index in [2.05, 4.69) is 44.6 Å². The number of carbonyl (C=O) groups is 2. The van der Waals surface area contributed by atoms with E-state index < -0.39 is 5.92 Å². The van der Waals surface area contributed by atoms with Crippen molar-refractivity contribution in [2.24, 2.45) is 23.2 Å². The Labute approximate surface area is 145 Å². The van der Waals surface area contributed by atoms with Crippen LogP contribution in [0.1, 0.15) is 76.5 Å². The van der Waals surface area contributed by atoms with E-state index in [1.54, 1.807) is 12.4 Å². The lowest BCUT2D eigenvalue weighted by molar-refractivity contribution is -0.120. The molecular weight excluding hydrogens is 300 g/mol. The van der Waals surface area contributed by atoms with Crippen molar-refractivity contribution in [3.63, 3.8) is 0 Å². The molecular formula is C20H30N2O2. The molecule has 0 amide bonds. The summed E-state index contributed by atoms with van der Waals surface area (Å²) >= 11 is 0. The largest absolute Gasteiger partial charge is 0.299 e. The average molecular weight is 330 g/mol. The summed E-state index contributed by atoms with van der Waals surface area (Å²) < 4.78 is 0. The van der Waals surface area contributed by atoms with Crippen LogP contribution < -0.4 is 0 Å². The lowest BCUT2D eigenvalue weighted by Gasteiger charge is -2.28. The van der Waals surface area contributed by atoms with Crippen LogP contribution in [-0.4, -0.2) is 21.5 Å². The van der Waals surface area contributed by atoms with Gasteiger partial charge in [-0.05, 0) is 35.7 Å². The SMILES string of the molecule is CCCCC1C(C(=O)c2ncc(CC(C)C)cn2)C(=O)CC1(C)C. The van der Waals surface area contributed by atoms with Crippen molar-refractivity contribution in [1.29, 1.82) is 0 Å². The standard InChI is InChI=1S/C20H30N2O2/c1-6-7-8-15-17(16(23)10-20(15,4)5)18(24)19-21-11-14(12-22-19)9-13(2)3/h11-13,15,17H,6-10H2,1-5H3. The van der Waals surface area contributed by atoms with Crippen molar-refractivity contribution in [1.82, 2.24) is 9.97 Å². The van der Waals surface area contributed by atoms with Crippen LogP contribution in [0.2, 0.25) is 0 Å². The van der Waals surface area contributed by atoms with E-state index in [1.807, 2.05) is 0 Å². The Balaban J connectivity index is 2.21. The number of rotatable bonds is 7. The summed E-state index contributed by atoms with van der Waals surface area (Å²) in [5.74, 6) is 0.105. The monoisotopic (exact) mass is 330 g/mol. The molecule has 0 aliphatic heterocycles. The molecule has 0 aromatic carbocycles. The number of nitrogens with zero attached hydrogens (tertiary/aromatic N) is 2. The zero-order valence-electron chi connectivity index (χ0n) is 15.6. The highest BCUT2D eigenvalue weighted by Crippen LogP contribution is 2.47. The Hall–Kier alpha value is -1.58. The topological polar surface area (TPSA) is 59.9 Å². The molecule has 2 unspecified atom stereocenters. The van der Waals surface area contributed by atoms with Crippen LogP contribution >= 0.6 is 0 Å². The fourth-order valence-electron chi connectivity index (χ4n) is 3.87. The van der Waals surface area contributed by atoms with Crippen LogP contribution in [0.25, 0.3) is 0 Å². The van der Waals surface area contributed by atoms with Crippen molar-refractivity contribution >= 4 is 11.6 Å². The minimum Gasteiger partial charge on any atom is -0.299 e. The Morgan fingerprint density at radius 3 is 2.46 bits per heavy atom. The van der Waals surface area contributed by atoms with Crippen LogP contribution in [0.4, 0.5) is 0 Å². The third kappa shape index (κ3) is 4.08. The second-order valence-corrected chi connectivity index (χ2v) is 8.24. The molecule has 2 rings (SSSR count). The zero-order valence-corrected chi connectivity index (χ0v) is 15.6. The maximum Gasteiger partial charge on any atom is 0.210 e. The number of hydrogen-bond acceptors (Lipinski definition) is 4. The highest BCUT2D eigenvalue weighted by Gasteiger charge is 2.50. The fraction of sp³-hybridized carbons (Fsp3) is 0.700. The Morgan fingerprint density at radius 2 is 1.92 bits per heavy atom. The minimum absolute atomic E-state index is 0.0564. The summed E-state index contributed by atoms with van der Waals surface area (Å²) in [5.41, 5.74) is 0.909. The van der Waals surface area contributed by atoms with Gasteiger partial charge in [0.1, 0.15) is 5.78 Å². The number of hydrogen-bond donors (Lipinski definition) is 0. The van der Waals surface area contributed by atoms with Gasteiger partial charge in [-0.15, -0.1) is 0 Å². The summed E-state index contributed by atoms with van der Waals surface area (Å²) in [6.07, 6.45) is 7.85. The third-order valence-corrected chi connectivity index (χ3v) is 5.10. The maximum absolute atomic E-state index is 12.9. The lowest BCUT2D eigenvalue weighted by Crippen LogP contribution is -2.30. The molecule has 4 nitrogen and oxygen atoms in total. The van der Waals surface area contributed by atoms with Gasteiger partial charge in [-0.25, -0.2) is 9.97 Å². The number of unbranched alkanes of at least 4 members (excludes halogenated alkanes) is 1. The van der Waals surface area contributed by atoms with Crippen LogP contribution in [-0.2, 0) is 11.2 Å². The van der Waals surface area contributed by atoms with Crippen molar-refractivity contribution in [2.45, 2.75) is 66.7 Å². The minimum atomic E-state index is -0.567. The van der Waals surface area contributed by atoms with Crippen molar-refractivity contribution in [3.05, 3.63) is 23.8 Å². The van der Waals surface area contributed by atoms with Crippen molar-refractivity contribution in [3.8, 4) is 0 Å². The Kier molecular flexibility index (Phi) is 5.89. The molecule has 1 saturated carbocycles. The van der Waals surface area contributed by atoms with Gasteiger partial charge in [-0.3, -0.25) is 9.59 Å². The normalized spacial score (nSPS) is 23.0. The predicted molar refractivity (Wildman–Crippen MR) is 94.8 cm³/mol. The van der Waals surface area contributed by atoms with Gasteiger partial charge in [-0.2, -0.15) is 0 Å². The number of Topliss-reactive ketones (excluding diaryl/α,β-unsaturated/α-hetero) is 2. The van der Waals surface area contributed by atoms with Crippen LogP contribution in [0.3, 0.4) is 0 Å². The van der Waals surface area contributed by atoms with Gasteiger partial charge in [0.2, 0.25) is 5.78 Å². The molecule has 0 radical (unpaired) electrons. The van der Waals surface area contributed by atoms with Crippen LogP contribution in [0.15, 0.2) is 12.4 Å². The molecule has 24 heavy (non-hydrogen) atoms. The highest BCUT2D eigenvalue weighted by atomic mass is 16.2. The van der Waals surface area contributed by atoms with Crippen LogP contribution in [0, 0.1) is 23.2 Å². The molecule has 0 spiro atoms. The zero-order chi connectivity index (χ0) is 17.9. The molecule has 0 saturated heterocycles. The van der Waals surface area contributed by atoms with E-state index in [0.29, 0.717) is 12.3 Å².